The van der Waals surface area contributed by atoms with Crippen LogP contribution in [0.5, 0.6) is 5.88 Å². The molecule has 0 aliphatic carbocycles. The molecule has 8 heteroatoms. The quantitative estimate of drug-likeness (QED) is 0.551. The topological polar surface area (TPSA) is 108 Å². The number of fused-ring (bicyclic) bond motifs is 1. The minimum absolute atomic E-state index is 0.389. The first kappa shape index (κ1) is 16.3. The second kappa shape index (κ2) is 7.31. The number of nitrogens with one attached hydrogen (secondary N) is 4. The molecule has 4 N–H and O–H groups in total. The van der Waals surface area contributed by atoms with Gasteiger partial charge in [-0.2, -0.15) is 9.97 Å². The van der Waals surface area contributed by atoms with Crippen LogP contribution in [-0.4, -0.2) is 47.5 Å². The van der Waals surface area contributed by atoms with Crippen LogP contribution >= 0.6 is 0 Å². The molecule has 0 radical (unpaired) electrons. The zero-order chi connectivity index (χ0) is 16.9. The molecule has 0 spiro atoms. The number of aromatic nitrogens is 3. The van der Waals surface area contributed by atoms with Gasteiger partial charge in [0.2, 0.25) is 11.8 Å². The lowest BCUT2D eigenvalue weighted by molar-refractivity contribution is -0.0296. The summed E-state index contributed by atoms with van der Waals surface area (Å²) in [7, 11) is 0. The summed E-state index contributed by atoms with van der Waals surface area (Å²) >= 11 is 0. The van der Waals surface area contributed by atoms with Gasteiger partial charge in [-0.1, -0.05) is 0 Å². The van der Waals surface area contributed by atoms with Gasteiger partial charge in [-0.05, 0) is 19.9 Å². The molecule has 1 fully saturated rings. The lowest BCUT2D eigenvalue weighted by Crippen LogP contribution is -2.36. The summed E-state index contributed by atoms with van der Waals surface area (Å²) in [5.74, 6) is 1.44. The van der Waals surface area contributed by atoms with Gasteiger partial charge in [-0.25, -0.2) is 0 Å². The summed E-state index contributed by atoms with van der Waals surface area (Å²) in [4.78, 5) is 11.9. The van der Waals surface area contributed by atoms with Crippen molar-refractivity contribution in [1.82, 2.24) is 20.3 Å². The fourth-order valence-corrected chi connectivity index (χ4v) is 2.37. The fraction of sp³-hybridized carbons (Fsp3) is 0.438. The highest BCUT2D eigenvalue weighted by Crippen LogP contribution is 2.23. The Kier molecular flexibility index (Phi) is 4.95. The average molecular weight is 330 g/mol. The number of allylic oxidation sites excluding steroid dienone is 2. The van der Waals surface area contributed by atoms with E-state index in [2.05, 4.69) is 25.6 Å². The third-order valence-electron chi connectivity index (χ3n) is 3.82. The SMILES string of the molecule is CCOc1nc(N/C(C=N)=C(\C)NCC2COC2)nc2[nH]ccc12. The van der Waals surface area contributed by atoms with E-state index in [4.69, 9.17) is 14.9 Å². The van der Waals surface area contributed by atoms with Crippen LogP contribution in [0.1, 0.15) is 13.8 Å². The van der Waals surface area contributed by atoms with Crippen LogP contribution in [-0.2, 0) is 4.74 Å². The Bertz CT molecular complexity index is 750. The number of hydrogen-bond acceptors (Lipinski definition) is 7. The van der Waals surface area contributed by atoms with Gasteiger partial charge in [0.25, 0.3) is 0 Å². The van der Waals surface area contributed by atoms with Crippen molar-refractivity contribution in [3.63, 3.8) is 0 Å². The van der Waals surface area contributed by atoms with Crippen molar-refractivity contribution in [2.75, 3.05) is 31.7 Å². The predicted molar refractivity (Wildman–Crippen MR) is 92.5 cm³/mol. The van der Waals surface area contributed by atoms with Gasteiger partial charge in [-0.3, -0.25) is 0 Å². The maximum Gasteiger partial charge on any atom is 0.232 e. The Balaban J connectivity index is 1.79. The first-order valence-electron chi connectivity index (χ1n) is 7.99. The highest BCUT2D eigenvalue weighted by atomic mass is 16.5. The smallest absolute Gasteiger partial charge is 0.232 e. The third kappa shape index (κ3) is 3.48. The zero-order valence-electron chi connectivity index (χ0n) is 13.8. The molecule has 2 aromatic heterocycles. The molecule has 2 aromatic rings. The van der Waals surface area contributed by atoms with E-state index in [1.165, 1.54) is 6.21 Å². The van der Waals surface area contributed by atoms with E-state index in [1.807, 2.05) is 19.9 Å². The van der Waals surface area contributed by atoms with Crippen LogP contribution in [0.15, 0.2) is 23.7 Å². The average Bonchev–Trinajstić information content (AvgIpc) is 3.00. The van der Waals surface area contributed by atoms with Crippen LogP contribution in [0.2, 0.25) is 0 Å². The van der Waals surface area contributed by atoms with Gasteiger partial charge >= 0.3 is 0 Å². The summed E-state index contributed by atoms with van der Waals surface area (Å²) in [6.45, 7) is 6.76. The molecule has 3 heterocycles. The van der Waals surface area contributed by atoms with Crippen molar-refractivity contribution in [1.29, 1.82) is 5.41 Å². The number of H-pyrrole nitrogens is 1. The summed E-state index contributed by atoms with van der Waals surface area (Å²) in [6, 6.07) is 1.88. The van der Waals surface area contributed by atoms with Crippen LogP contribution in [0.4, 0.5) is 5.95 Å². The molecule has 0 atom stereocenters. The molecule has 0 aromatic carbocycles. The van der Waals surface area contributed by atoms with E-state index >= 15 is 0 Å². The molecule has 1 aliphatic rings. The molecule has 24 heavy (non-hydrogen) atoms. The van der Waals surface area contributed by atoms with Crippen molar-refractivity contribution in [3.8, 4) is 5.88 Å². The zero-order valence-corrected chi connectivity index (χ0v) is 13.8. The lowest BCUT2D eigenvalue weighted by atomic mass is 10.1. The van der Waals surface area contributed by atoms with E-state index in [0.29, 0.717) is 35.7 Å². The minimum Gasteiger partial charge on any atom is -0.477 e. The minimum atomic E-state index is 0.389. The molecular formula is C16H22N6O2. The fourth-order valence-electron chi connectivity index (χ4n) is 2.37. The van der Waals surface area contributed by atoms with Gasteiger partial charge in [0.05, 0.1) is 30.9 Å². The Morgan fingerprint density at radius 1 is 1.50 bits per heavy atom. The molecular weight excluding hydrogens is 308 g/mol. The number of ether oxygens (including phenoxy) is 2. The van der Waals surface area contributed by atoms with Gasteiger partial charge < -0.3 is 30.5 Å². The largest absolute Gasteiger partial charge is 0.477 e. The van der Waals surface area contributed by atoms with Gasteiger partial charge in [-0.15, -0.1) is 0 Å². The van der Waals surface area contributed by atoms with E-state index in [-0.39, 0.29) is 0 Å². The van der Waals surface area contributed by atoms with Gasteiger partial charge in [0, 0.05) is 30.6 Å². The normalized spacial score (nSPS) is 15.6. The van der Waals surface area contributed by atoms with Crippen molar-refractivity contribution >= 4 is 23.2 Å². The Morgan fingerprint density at radius 3 is 3.00 bits per heavy atom. The highest BCUT2D eigenvalue weighted by molar-refractivity contribution is 5.84. The molecule has 0 unspecified atom stereocenters. The summed E-state index contributed by atoms with van der Waals surface area (Å²) in [5.41, 5.74) is 2.17. The van der Waals surface area contributed by atoms with E-state index in [0.717, 1.165) is 30.8 Å². The predicted octanol–water partition coefficient (Wildman–Crippen LogP) is 1.89. The summed E-state index contributed by atoms with van der Waals surface area (Å²) in [6.07, 6.45) is 3.05. The molecule has 1 aliphatic heterocycles. The second-order valence-electron chi connectivity index (χ2n) is 5.62. The van der Waals surface area contributed by atoms with Crippen molar-refractivity contribution in [2.45, 2.75) is 13.8 Å². The first-order valence-corrected chi connectivity index (χ1v) is 7.99. The maximum absolute atomic E-state index is 7.65. The maximum atomic E-state index is 7.65. The number of aromatic amines is 1. The van der Waals surface area contributed by atoms with Gasteiger partial charge in [0.1, 0.15) is 5.65 Å². The van der Waals surface area contributed by atoms with E-state index in [9.17, 15) is 0 Å². The molecule has 0 bridgehead atoms. The molecule has 1 saturated heterocycles. The number of nitrogens with zero attached hydrogens (tertiary/aromatic N) is 2. The monoisotopic (exact) mass is 330 g/mol. The van der Waals surface area contributed by atoms with Crippen molar-refractivity contribution < 1.29 is 9.47 Å². The van der Waals surface area contributed by atoms with Crippen LogP contribution in [0.3, 0.4) is 0 Å². The van der Waals surface area contributed by atoms with E-state index < -0.39 is 0 Å². The first-order chi connectivity index (χ1) is 11.7. The third-order valence-corrected chi connectivity index (χ3v) is 3.82. The molecule has 3 rings (SSSR count). The molecule has 8 nitrogen and oxygen atoms in total. The molecule has 128 valence electrons. The van der Waals surface area contributed by atoms with Crippen LogP contribution < -0.4 is 15.4 Å². The van der Waals surface area contributed by atoms with Gasteiger partial charge in [0.15, 0.2) is 0 Å². The Labute approximate surface area is 140 Å². The summed E-state index contributed by atoms with van der Waals surface area (Å²) in [5, 5.41) is 14.9. The van der Waals surface area contributed by atoms with Crippen LogP contribution in [0.25, 0.3) is 11.0 Å². The number of anilines is 1. The molecule has 0 saturated carbocycles. The summed E-state index contributed by atoms with van der Waals surface area (Å²) < 4.78 is 10.7. The van der Waals surface area contributed by atoms with E-state index in [1.54, 1.807) is 6.20 Å². The molecule has 0 amide bonds. The van der Waals surface area contributed by atoms with Crippen molar-refractivity contribution in [3.05, 3.63) is 23.7 Å². The van der Waals surface area contributed by atoms with Crippen molar-refractivity contribution in [2.24, 2.45) is 5.92 Å². The Morgan fingerprint density at radius 2 is 2.33 bits per heavy atom. The lowest BCUT2D eigenvalue weighted by Gasteiger charge is -2.26. The highest BCUT2D eigenvalue weighted by Gasteiger charge is 2.18. The standard InChI is InChI=1S/C16H22N6O2/c1-3-24-15-12-4-5-18-14(12)21-16(22-15)20-13(6-17)10(2)19-7-11-8-23-9-11/h4-6,11,17,19H,3,7-9H2,1-2H3,(H2,18,20,21,22)/b13-10+,17-6?. The second-order valence-corrected chi connectivity index (χ2v) is 5.62. The number of rotatable bonds is 8. The number of hydrogen-bond donors (Lipinski definition) is 4. The van der Waals surface area contributed by atoms with Crippen LogP contribution in [0, 0.1) is 11.3 Å². The Hall–Kier alpha value is -2.61.